The van der Waals surface area contributed by atoms with Gasteiger partial charge < -0.3 is 0 Å². The summed E-state index contributed by atoms with van der Waals surface area (Å²) in [7, 11) is 0. The summed E-state index contributed by atoms with van der Waals surface area (Å²) < 4.78 is 0. The van der Waals surface area contributed by atoms with Crippen LogP contribution in [0.2, 0.25) is 0 Å². The van der Waals surface area contributed by atoms with Gasteiger partial charge in [-0.15, -0.1) is 0 Å². The van der Waals surface area contributed by atoms with Crippen LogP contribution in [0.5, 0.6) is 0 Å². The van der Waals surface area contributed by atoms with Crippen LogP contribution in [-0.2, 0) is 0 Å². The molecule has 0 amide bonds. The summed E-state index contributed by atoms with van der Waals surface area (Å²) in [5, 5.41) is 0. The fourth-order valence-corrected chi connectivity index (χ4v) is 6.07. The lowest BCUT2D eigenvalue weighted by Gasteiger charge is -2.62. The van der Waals surface area contributed by atoms with Crippen molar-refractivity contribution in [2.75, 3.05) is 5.75 Å². The first-order chi connectivity index (χ1) is 7.19. The molecule has 4 saturated carbocycles. The summed E-state index contributed by atoms with van der Waals surface area (Å²) in [6.45, 7) is 2.43. The monoisotopic (exact) mass is 224 g/mol. The molecular formula is C14H24S. The van der Waals surface area contributed by atoms with Gasteiger partial charge in [0.15, 0.2) is 0 Å². The van der Waals surface area contributed by atoms with Crippen LogP contribution in [0.1, 0.15) is 58.3 Å². The number of hydrogen-bond donors (Lipinski definition) is 1. The van der Waals surface area contributed by atoms with Crippen LogP contribution in [-0.4, -0.2) is 5.75 Å². The summed E-state index contributed by atoms with van der Waals surface area (Å²) >= 11 is 4.49. The van der Waals surface area contributed by atoms with E-state index < -0.39 is 0 Å². The van der Waals surface area contributed by atoms with Crippen molar-refractivity contribution in [3.05, 3.63) is 0 Å². The third-order valence-electron chi connectivity index (χ3n) is 5.70. The minimum Gasteiger partial charge on any atom is -0.179 e. The van der Waals surface area contributed by atoms with Crippen molar-refractivity contribution in [3.8, 4) is 0 Å². The molecule has 0 heterocycles. The number of thiol groups is 1. The average molecular weight is 224 g/mol. The van der Waals surface area contributed by atoms with E-state index in [0.29, 0.717) is 0 Å². The van der Waals surface area contributed by atoms with Gasteiger partial charge in [-0.05, 0) is 73.4 Å². The van der Waals surface area contributed by atoms with Gasteiger partial charge >= 0.3 is 0 Å². The van der Waals surface area contributed by atoms with Gasteiger partial charge in [0.2, 0.25) is 0 Å². The van der Waals surface area contributed by atoms with Crippen LogP contribution in [0.4, 0.5) is 0 Å². The summed E-state index contributed by atoms with van der Waals surface area (Å²) in [5.41, 5.74) is 1.51. The van der Waals surface area contributed by atoms with E-state index in [2.05, 4.69) is 19.6 Å². The summed E-state index contributed by atoms with van der Waals surface area (Å²) in [6, 6.07) is 0. The van der Waals surface area contributed by atoms with E-state index in [1.807, 2.05) is 0 Å². The van der Waals surface area contributed by atoms with Crippen LogP contribution < -0.4 is 0 Å². The topological polar surface area (TPSA) is 0 Å². The molecule has 0 N–H and O–H groups in total. The second kappa shape index (κ2) is 3.42. The van der Waals surface area contributed by atoms with Gasteiger partial charge in [0.1, 0.15) is 0 Å². The largest absolute Gasteiger partial charge is 0.179 e. The molecule has 4 fully saturated rings. The first kappa shape index (κ1) is 10.5. The molecule has 0 aromatic carbocycles. The standard InChI is InChI=1S/C14H24S/c1-2-13-6-11-5-12(7-13)9-14(8-11,10-13)3-4-15/h11-12,15H,2-10H2,1H3. The summed E-state index contributed by atoms with van der Waals surface area (Å²) in [4.78, 5) is 0. The predicted octanol–water partition coefficient (Wildman–Crippen LogP) is 4.30. The maximum Gasteiger partial charge on any atom is -0.00926 e. The van der Waals surface area contributed by atoms with Crippen molar-refractivity contribution in [1.29, 1.82) is 0 Å². The van der Waals surface area contributed by atoms with Crippen LogP contribution in [0.3, 0.4) is 0 Å². The Balaban J connectivity index is 1.88. The highest BCUT2D eigenvalue weighted by molar-refractivity contribution is 7.80. The molecule has 4 rings (SSSR count). The van der Waals surface area contributed by atoms with E-state index in [1.165, 1.54) is 12.8 Å². The maximum atomic E-state index is 4.49. The lowest BCUT2D eigenvalue weighted by atomic mass is 9.43. The van der Waals surface area contributed by atoms with E-state index in [0.717, 1.165) is 28.4 Å². The molecule has 15 heavy (non-hydrogen) atoms. The zero-order valence-electron chi connectivity index (χ0n) is 9.97. The molecule has 0 saturated heterocycles. The Kier molecular flexibility index (Phi) is 2.39. The van der Waals surface area contributed by atoms with Gasteiger partial charge in [-0.1, -0.05) is 13.3 Å². The van der Waals surface area contributed by atoms with Gasteiger partial charge in [0, 0.05) is 0 Å². The van der Waals surface area contributed by atoms with Crippen molar-refractivity contribution < 1.29 is 0 Å². The molecule has 4 aliphatic carbocycles. The van der Waals surface area contributed by atoms with Gasteiger partial charge in [-0.25, -0.2) is 0 Å². The molecule has 0 radical (unpaired) electrons. The fraction of sp³-hybridized carbons (Fsp3) is 1.00. The van der Waals surface area contributed by atoms with Crippen LogP contribution in [0.25, 0.3) is 0 Å². The molecule has 2 atom stereocenters. The molecule has 4 aliphatic rings. The van der Waals surface area contributed by atoms with Crippen molar-refractivity contribution in [2.24, 2.45) is 22.7 Å². The molecule has 1 heteroatoms. The number of hydrogen-bond acceptors (Lipinski definition) is 1. The summed E-state index contributed by atoms with van der Waals surface area (Å²) in [6.07, 6.45) is 12.2. The number of rotatable bonds is 3. The molecule has 0 aromatic heterocycles. The Morgan fingerprint density at radius 3 is 2.20 bits per heavy atom. The maximum absolute atomic E-state index is 4.49. The zero-order valence-corrected chi connectivity index (χ0v) is 10.9. The molecule has 0 aromatic rings. The van der Waals surface area contributed by atoms with Crippen molar-refractivity contribution >= 4 is 12.6 Å². The van der Waals surface area contributed by atoms with Gasteiger partial charge in [0.25, 0.3) is 0 Å². The smallest absolute Gasteiger partial charge is 0.00926 e. The Labute approximate surface area is 99.6 Å². The minimum atomic E-state index is 0.738. The Morgan fingerprint density at radius 2 is 1.67 bits per heavy atom. The highest BCUT2D eigenvalue weighted by atomic mass is 32.1. The summed E-state index contributed by atoms with van der Waals surface area (Å²) in [5.74, 6) is 3.29. The van der Waals surface area contributed by atoms with Crippen molar-refractivity contribution in [1.82, 2.24) is 0 Å². The minimum absolute atomic E-state index is 0.738. The van der Waals surface area contributed by atoms with E-state index in [1.54, 1.807) is 38.5 Å². The van der Waals surface area contributed by atoms with Crippen LogP contribution >= 0.6 is 12.6 Å². The lowest BCUT2D eigenvalue weighted by molar-refractivity contribution is -0.112. The molecule has 0 spiro atoms. The van der Waals surface area contributed by atoms with E-state index >= 15 is 0 Å². The second-order valence-corrected chi connectivity index (χ2v) is 7.24. The van der Waals surface area contributed by atoms with Crippen LogP contribution in [0, 0.1) is 22.7 Å². The zero-order chi connectivity index (χ0) is 10.5. The Morgan fingerprint density at radius 1 is 1.07 bits per heavy atom. The lowest BCUT2D eigenvalue weighted by Crippen LogP contribution is -2.51. The van der Waals surface area contributed by atoms with Gasteiger partial charge in [-0.2, -0.15) is 12.6 Å². The fourth-order valence-electron chi connectivity index (χ4n) is 5.59. The van der Waals surface area contributed by atoms with Gasteiger partial charge in [0.05, 0.1) is 0 Å². The second-order valence-electron chi connectivity index (χ2n) is 6.79. The van der Waals surface area contributed by atoms with Gasteiger partial charge in [-0.3, -0.25) is 0 Å². The Hall–Kier alpha value is 0.350. The SMILES string of the molecule is CCC12CC3CC(C1)CC(CCS)(C3)C2. The van der Waals surface area contributed by atoms with Crippen LogP contribution in [0.15, 0.2) is 0 Å². The Bertz CT molecular complexity index is 244. The van der Waals surface area contributed by atoms with Crippen molar-refractivity contribution in [3.63, 3.8) is 0 Å². The quantitative estimate of drug-likeness (QED) is 0.679. The first-order valence-corrected chi connectivity index (χ1v) is 7.43. The highest BCUT2D eigenvalue weighted by Crippen LogP contribution is 2.67. The third-order valence-corrected chi connectivity index (χ3v) is 5.92. The van der Waals surface area contributed by atoms with E-state index in [-0.39, 0.29) is 0 Å². The highest BCUT2D eigenvalue weighted by Gasteiger charge is 2.56. The molecule has 86 valence electrons. The van der Waals surface area contributed by atoms with Crippen molar-refractivity contribution in [2.45, 2.75) is 58.3 Å². The normalized spacial score (nSPS) is 52.4. The molecule has 4 bridgehead atoms. The molecule has 0 nitrogen and oxygen atoms in total. The predicted molar refractivity (Wildman–Crippen MR) is 68.3 cm³/mol. The first-order valence-electron chi connectivity index (χ1n) is 6.80. The molecule has 2 unspecified atom stereocenters. The molecular weight excluding hydrogens is 200 g/mol. The molecule has 0 aliphatic heterocycles. The van der Waals surface area contributed by atoms with E-state index in [4.69, 9.17) is 0 Å². The van der Waals surface area contributed by atoms with E-state index in [9.17, 15) is 0 Å². The average Bonchev–Trinajstić information content (AvgIpc) is 2.15. The third kappa shape index (κ3) is 1.57.